The van der Waals surface area contributed by atoms with Crippen molar-refractivity contribution in [2.45, 2.75) is 19.3 Å². The number of carboxylic acid groups (broad SMARTS) is 1. The summed E-state index contributed by atoms with van der Waals surface area (Å²) in [5.41, 5.74) is 8.19. The normalized spacial score (nSPS) is 10.4. The minimum absolute atomic E-state index is 0.0711. The lowest BCUT2D eigenvalue weighted by Gasteiger charge is -2.08. The number of phenols is 1. The lowest BCUT2D eigenvalue weighted by Crippen LogP contribution is -2.07. The van der Waals surface area contributed by atoms with Gasteiger partial charge in [0.2, 0.25) is 0 Å². The number of nitrogens with two attached hydrogens (primary N) is 1. The van der Waals surface area contributed by atoms with Gasteiger partial charge in [-0.05, 0) is 29.3 Å². The Morgan fingerprint density at radius 2 is 1.77 bits per heavy atom. The van der Waals surface area contributed by atoms with Gasteiger partial charge in [-0.25, -0.2) is 0 Å². The van der Waals surface area contributed by atoms with E-state index in [9.17, 15) is 14.7 Å². The van der Waals surface area contributed by atoms with Crippen molar-refractivity contribution in [2.24, 2.45) is 0 Å². The maximum Gasteiger partial charge on any atom is 0.303 e. The Morgan fingerprint density at radius 3 is 2.41 bits per heavy atom. The third-order valence-electron chi connectivity index (χ3n) is 3.37. The van der Waals surface area contributed by atoms with Gasteiger partial charge < -0.3 is 15.9 Å². The van der Waals surface area contributed by atoms with Crippen LogP contribution in [0.3, 0.4) is 0 Å². The molecule has 114 valence electrons. The molecule has 0 saturated heterocycles. The summed E-state index contributed by atoms with van der Waals surface area (Å²) in [6.45, 7) is 0. The van der Waals surface area contributed by atoms with Gasteiger partial charge in [0.15, 0.2) is 5.78 Å². The van der Waals surface area contributed by atoms with Gasteiger partial charge in [-0.1, -0.05) is 24.3 Å². The maximum absolute atomic E-state index is 11.9. The number of phenolic OH excluding ortho intramolecular Hbond substituents is 1. The van der Waals surface area contributed by atoms with Crippen molar-refractivity contribution in [1.29, 1.82) is 0 Å². The van der Waals surface area contributed by atoms with Crippen molar-refractivity contribution in [1.82, 2.24) is 0 Å². The SMILES string of the molecule is Nc1cc(Cc2ccccc2O)ccc1C(=O)CCC(=O)O. The van der Waals surface area contributed by atoms with E-state index >= 15 is 0 Å². The minimum atomic E-state index is -1.01. The molecule has 0 heterocycles. The van der Waals surface area contributed by atoms with Crippen LogP contribution >= 0.6 is 0 Å². The van der Waals surface area contributed by atoms with Crippen molar-refractivity contribution < 1.29 is 19.8 Å². The van der Waals surface area contributed by atoms with E-state index in [1.54, 1.807) is 30.3 Å². The molecule has 0 aliphatic carbocycles. The number of nitrogen functional groups attached to an aromatic ring is 1. The van der Waals surface area contributed by atoms with Gasteiger partial charge in [-0.2, -0.15) is 0 Å². The first-order valence-corrected chi connectivity index (χ1v) is 6.87. The molecule has 2 aromatic rings. The number of anilines is 1. The summed E-state index contributed by atoms with van der Waals surface area (Å²) < 4.78 is 0. The van der Waals surface area contributed by atoms with Crippen LogP contribution < -0.4 is 5.73 Å². The predicted molar refractivity (Wildman–Crippen MR) is 83.0 cm³/mol. The van der Waals surface area contributed by atoms with E-state index in [-0.39, 0.29) is 24.4 Å². The van der Waals surface area contributed by atoms with Gasteiger partial charge in [0.1, 0.15) is 5.75 Å². The number of hydrogen-bond donors (Lipinski definition) is 3. The van der Waals surface area contributed by atoms with E-state index in [0.717, 1.165) is 11.1 Å². The molecule has 0 aliphatic heterocycles. The Hall–Kier alpha value is -2.82. The van der Waals surface area contributed by atoms with Crippen LogP contribution in [-0.2, 0) is 11.2 Å². The van der Waals surface area contributed by atoms with Gasteiger partial charge in [-0.15, -0.1) is 0 Å². The molecule has 0 atom stereocenters. The topological polar surface area (TPSA) is 101 Å². The minimum Gasteiger partial charge on any atom is -0.508 e. The Labute approximate surface area is 128 Å². The smallest absolute Gasteiger partial charge is 0.303 e. The molecule has 0 aromatic heterocycles. The highest BCUT2D eigenvalue weighted by Gasteiger charge is 2.12. The van der Waals surface area contributed by atoms with Gasteiger partial charge in [0, 0.05) is 24.1 Å². The van der Waals surface area contributed by atoms with E-state index in [2.05, 4.69) is 0 Å². The van der Waals surface area contributed by atoms with E-state index in [4.69, 9.17) is 10.8 Å². The van der Waals surface area contributed by atoms with E-state index in [1.807, 2.05) is 12.1 Å². The van der Waals surface area contributed by atoms with Crippen molar-refractivity contribution in [3.63, 3.8) is 0 Å². The van der Waals surface area contributed by atoms with Crippen LogP contribution in [0.25, 0.3) is 0 Å². The highest BCUT2D eigenvalue weighted by molar-refractivity contribution is 6.01. The average Bonchev–Trinajstić information content (AvgIpc) is 2.47. The number of benzene rings is 2. The van der Waals surface area contributed by atoms with Gasteiger partial charge in [0.25, 0.3) is 0 Å². The fourth-order valence-electron chi connectivity index (χ4n) is 2.21. The molecular formula is C17H17NO4. The summed E-state index contributed by atoms with van der Waals surface area (Å²) in [4.78, 5) is 22.4. The summed E-state index contributed by atoms with van der Waals surface area (Å²) in [6, 6.07) is 12.1. The molecule has 2 rings (SSSR count). The quantitative estimate of drug-likeness (QED) is 0.562. The Morgan fingerprint density at radius 1 is 1.05 bits per heavy atom. The molecule has 0 bridgehead atoms. The molecule has 22 heavy (non-hydrogen) atoms. The van der Waals surface area contributed by atoms with Crippen LogP contribution in [0.1, 0.15) is 34.3 Å². The highest BCUT2D eigenvalue weighted by atomic mass is 16.4. The number of ketones is 1. The Balaban J connectivity index is 2.14. The lowest BCUT2D eigenvalue weighted by atomic mass is 9.98. The third kappa shape index (κ3) is 3.85. The molecule has 0 amide bonds. The zero-order valence-corrected chi connectivity index (χ0v) is 12.0. The lowest BCUT2D eigenvalue weighted by molar-refractivity contribution is -0.136. The number of carbonyl (C=O) groups is 2. The van der Waals surface area contributed by atoms with Crippen molar-refractivity contribution >= 4 is 17.4 Å². The van der Waals surface area contributed by atoms with Gasteiger partial charge >= 0.3 is 5.97 Å². The van der Waals surface area contributed by atoms with Crippen molar-refractivity contribution in [3.05, 3.63) is 59.2 Å². The zero-order valence-electron chi connectivity index (χ0n) is 12.0. The molecule has 0 aliphatic rings. The monoisotopic (exact) mass is 299 g/mol. The molecule has 0 spiro atoms. The number of carbonyl (C=O) groups excluding carboxylic acids is 1. The fourth-order valence-corrected chi connectivity index (χ4v) is 2.21. The molecular weight excluding hydrogens is 282 g/mol. The molecule has 0 fully saturated rings. The second-order valence-electron chi connectivity index (χ2n) is 5.04. The molecule has 5 nitrogen and oxygen atoms in total. The second-order valence-corrected chi connectivity index (χ2v) is 5.04. The predicted octanol–water partition coefficient (Wildman–Crippen LogP) is 2.61. The number of rotatable bonds is 6. The molecule has 2 aromatic carbocycles. The number of hydrogen-bond acceptors (Lipinski definition) is 4. The Kier molecular flexibility index (Phi) is 4.78. The summed E-state index contributed by atoms with van der Waals surface area (Å²) >= 11 is 0. The molecule has 5 heteroatoms. The maximum atomic E-state index is 11.9. The number of para-hydroxylation sites is 1. The number of aliphatic carboxylic acids is 1. The third-order valence-corrected chi connectivity index (χ3v) is 3.37. The molecule has 0 radical (unpaired) electrons. The van der Waals surface area contributed by atoms with E-state index in [0.29, 0.717) is 17.7 Å². The van der Waals surface area contributed by atoms with Crippen LogP contribution in [-0.4, -0.2) is 22.0 Å². The molecule has 0 saturated carbocycles. The Bertz CT molecular complexity index is 710. The number of Topliss-reactive ketones (excluding diaryl/α,β-unsaturated/α-hetero) is 1. The van der Waals surface area contributed by atoms with Crippen molar-refractivity contribution in [3.8, 4) is 5.75 Å². The zero-order chi connectivity index (χ0) is 16.1. The largest absolute Gasteiger partial charge is 0.508 e. The van der Waals surface area contributed by atoms with Crippen LogP contribution in [0.5, 0.6) is 5.75 Å². The van der Waals surface area contributed by atoms with Crippen LogP contribution in [0, 0.1) is 0 Å². The first kappa shape index (κ1) is 15.6. The summed E-state index contributed by atoms with van der Waals surface area (Å²) in [7, 11) is 0. The molecule has 4 N–H and O–H groups in total. The molecule has 0 unspecified atom stereocenters. The summed E-state index contributed by atoms with van der Waals surface area (Å²) in [6.07, 6.45) is 0.219. The first-order valence-electron chi connectivity index (χ1n) is 6.87. The van der Waals surface area contributed by atoms with E-state index in [1.165, 1.54) is 0 Å². The summed E-state index contributed by atoms with van der Waals surface area (Å²) in [5.74, 6) is -1.08. The number of carboxylic acids is 1. The fraction of sp³-hybridized carbons (Fsp3) is 0.176. The van der Waals surface area contributed by atoms with Gasteiger partial charge in [0.05, 0.1) is 6.42 Å². The number of aromatic hydroxyl groups is 1. The highest BCUT2D eigenvalue weighted by Crippen LogP contribution is 2.23. The van der Waals surface area contributed by atoms with Crippen molar-refractivity contribution in [2.75, 3.05) is 5.73 Å². The van der Waals surface area contributed by atoms with Gasteiger partial charge in [-0.3, -0.25) is 9.59 Å². The van der Waals surface area contributed by atoms with Crippen LogP contribution in [0.15, 0.2) is 42.5 Å². The second kappa shape index (κ2) is 6.76. The standard InChI is InChI=1S/C17H17NO4/c18-14-10-11(9-12-3-1-2-4-15(12)19)5-6-13(14)16(20)7-8-17(21)22/h1-6,10,19H,7-9,18H2,(H,21,22). The summed E-state index contributed by atoms with van der Waals surface area (Å²) in [5, 5.41) is 18.4. The van der Waals surface area contributed by atoms with E-state index < -0.39 is 5.97 Å². The first-order chi connectivity index (χ1) is 10.5. The van der Waals surface area contributed by atoms with Crippen LogP contribution in [0.4, 0.5) is 5.69 Å². The average molecular weight is 299 g/mol. The van der Waals surface area contributed by atoms with Crippen LogP contribution in [0.2, 0.25) is 0 Å².